The van der Waals surface area contributed by atoms with E-state index in [4.69, 9.17) is 9.84 Å². The summed E-state index contributed by atoms with van der Waals surface area (Å²) in [5, 5.41) is 8.92. The van der Waals surface area contributed by atoms with E-state index in [-0.39, 0.29) is 11.8 Å². The van der Waals surface area contributed by atoms with Crippen molar-refractivity contribution in [3.8, 4) is 0 Å². The Labute approximate surface area is 95.0 Å². The fourth-order valence-electron chi connectivity index (χ4n) is 2.10. The molecule has 0 saturated carbocycles. The van der Waals surface area contributed by atoms with Gasteiger partial charge in [-0.05, 0) is 17.5 Å². The first kappa shape index (κ1) is 11.1. The Morgan fingerprint density at radius 2 is 2.00 bits per heavy atom. The number of carboxylic acid groups (broad SMARTS) is 1. The maximum Gasteiger partial charge on any atom is 0.304 e. The van der Waals surface area contributed by atoms with Crippen LogP contribution in [0.25, 0.3) is 0 Å². The third-order valence-electron chi connectivity index (χ3n) is 3.22. The van der Waals surface area contributed by atoms with Gasteiger partial charge < -0.3 is 9.84 Å². The molecule has 0 radical (unpaired) electrons. The molecule has 3 heteroatoms. The SMILES string of the molecule is CCc1ccc(C2(CC(=O)O)COC2)cc1. The lowest BCUT2D eigenvalue weighted by molar-refractivity contribution is -0.145. The number of benzene rings is 1. The molecule has 1 aromatic carbocycles. The van der Waals surface area contributed by atoms with Crippen LogP contribution in [-0.4, -0.2) is 24.3 Å². The van der Waals surface area contributed by atoms with E-state index in [0.717, 1.165) is 12.0 Å². The summed E-state index contributed by atoms with van der Waals surface area (Å²) in [5.41, 5.74) is 2.06. The van der Waals surface area contributed by atoms with Crippen LogP contribution in [0, 0.1) is 0 Å². The lowest BCUT2D eigenvalue weighted by Crippen LogP contribution is -2.48. The van der Waals surface area contributed by atoms with Crippen LogP contribution in [0.1, 0.15) is 24.5 Å². The Bertz CT molecular complexity index is 377. The second-order valence-electron chi connectivity index (χ2n) is 4.39. The van der Waals surface area contributed by atoms with Gasteiger partial charge in [-0.15, -0.1) is 0 Å². The average Bonchev–Trinajstić information content (AvgIpc) is 2.23. The minimum Gasteiger partial charge on any atom is -0.481 e. The zero-order valence-corrected chi connectivity index (χ0v) is 9.40. The molecule has 0 amide bonds. The summed E-state index contributed by atoms with van der Waals surface area (Å²) >= 11 is 0. The van der Waals surface area contributed by atoms with Crippen molar-refractivity contribution in [3.05, 3.63) is 35.4 Å². The second-order valence-corrected chi connectivity index (χ2v) is 4.39. The number of hydrogen-bond acceptors (Lipinski definition) is 2. The smallest absolute Gasteiger partial charge is 0.304 e. The minimum atomic E-state index is -0.761. The number of carbonyl (C=O) groups is 1. The summed E-state index contributed by atoms with van der Waals surface area (Å²) in [6.45, 7) is 3.14. The van der Waals surface area contributed by atoms with E-state index < -0.39 is 5.97 Å². The van der Waals surface area contributed by atoms with Crippen LogP contribution >= 0.6 is 0 Å². The minimum absolute atomic E-state index is 0.151. The number of ether oxygens (including phenoxy) is 1. The van der Waals surface area contributed by atoms with Crippen molar-refractivity contribution in [3.63, 3.8) is 0 Å². The van der Waals surface area contributed by atoms with Gasteiger partial charge in [-0.25, -0.2) is 0 Å². The first-order chi connectivity index (χ1) is 7.66. The van der Waals surface area contributed by atoms with Gasteiger partial charge in [0.25, 0.3) is 0 Å². The molecule has 86 valence electrons. The maximum atomic E-state index is 10.8. The number of carboxylic acids is 1. The summed E-state index contributed by atoms with van der Waals surface area (Å²) in [6.07, 6.45) is 1.15. The van der Waals surface area contributed by atoms with Crippen LogP contribution in [0.5, 0.6) is 0 Å². The van der Waals surface area contributed by atoms with E-state index in [1.54, 1.807) is 0 Å². The van der Waals surface area contributed by atoms with Crippen molar-refractivity contribution >= 4 is 5.97 Å². The lowest BCUT2D eigenvalue weighted by atomic mass is 9.75. The topological polar surface area (TPSA) is 46.5 Å². The number of hydrogen-bond donors (Lipinski definition) is 1. The maximum absolute atomic E-state index is 10.8. The molecule has 1 N–H and O–H groups in total. The van der Waals surface area contributed by atoms with E-state index >= 15 is 0 Å². The molecule has 1 aromatic rings. The zero-order chi connectivity index (χ0) is 11.6. The highest BCUT2D eigenvalue weighted by Crippen LogP contribution is 2.35. The van der Waals surface area contributed by atoms with Gasteiger partial charge in [0, 0.05) is 0 Å². The van der Waals surface area contributed by atoms with E-state index in [1.165, 1.54) is 5.56 Å². The molecule has 1 fully saturated rings. The van der Waals surface area contributed by atoms with Gasteiger partial charge in [0.05, 0.1) is 25.0 Å². The monoisotopic (exact) mass is 220 g/mol. The highest BCUT2D eigenvalue weighted by Gasteiger charge is 2.42. The van der Waals surface area contributed by atoms with E-state index in [1.807, 2.05) is 12.1 Å². The molecule has 16 heavy (non-hydrogen) atoms. The van der Waals surface area contributed by atoms with Crippen LogP contribution < -0.4 is 0 Å². The van der Waals surface area contributed by atoms with Gasteiger partial charge in [-0.2, -0.15) is 0 Å². The molecule has 0 unspecified atom stereocenters. The Hall–Kier alpha value is -1.35. The van der Waals surface area contributed by atoms with Gasteiger partial charge >= 0.3 is 5.97 Å². The predicted molar refractivity (Wildman–Crippen MR) is 60.6 cm³/mol. The summed E-state index contributed by atoms with van der Waals surface area (Å²) in [4.78, 5) is 10.8. The normalized spacial score (nSPS) is 17.8. The van der Waals surface area contributed by atoms with Gasteiger partial charge in [0.1, 0.15) is 0 Å². The summed E-state index contributed by atoms with van der Waals surface area (Å²) in [6, 6.07) is 8.20. The van der Waals surface area contributed by atoms with Crippen molar-refractivity contribution in [2.75, 3.05) is 13.2 Å². The first-order valence-electron chi connectivity index (χ1n) is 5.55. The van der Waals surface area contributed by atoms with Crippen LogP contribution in [0.2, 0.25) is 0 Å². The van der Waals surface area contributed by atoms with Gasteiger partial charge in [0.15, 0.2) is 0 Å². The molecule has 3 nitrogen and oxygen atoms in total. The van der Waals surface area contributed by atoms with E-state index in [9.17, 15) is 4.79 Å². The fourth-order valence-corrected chi connectivity index (χ4v) is 2.10. The second kappa shape index (κ2) is 4.26. The average molecular weight is 220 g/mol. The lowest BCUT2D eigenvalue weighted by Gasteiger charge is -2.40. The molecular formula is C13H16O3. The molecule has 1 aliphatic heterocycles. The zero-order valence-electron chi connectivity index (χ0n) is 9.40. The molecule has 0 atom stereocenters. The first-order valence-corrected chi connectivity index (χ1v) is 5.55. The quantitative estimate of drug-likeness (QED) is 0.844. The number of rotatable bonds is 4. The molecule has 0 aromatic heterocycles. The van der Waals surface area contributed by atoms with Crippen molar-refractivity contribution in [1.82, 2.24) is 0 Å². The molecule has 2 rings (SSSR count). The number of aryl methyl sites for hydroxylation is 1. The molecule has 0 aliphatic carbocycles. The van der Waals surface area contributed by atoms with Crippen molar-refractivity contribution < 1.29 is 14.6 Å². The Morgan fingerprint density at radius 3 is 2.38 bits per heavy atom. The summed E-state index contributed by atoms with van der Waals surface area (Å²) < 4.78 is 5.19. The molecule has 1 saturated heterocycles. The molecule has 1 heterocycles. The Balaban J connectivity index is 2.22. The predicted octanol–water partition coefficient (Wildman–Crippen LogP) is 1.99. The standard InChI is InChI=1S/C13H16O3/c1-2-10-3-5-11(6-4-10)13(7-12(14)15)8-16-9-13/h3-6H,2,7-9H2,1H3,(H,14,15). The van der Waals surface area contributed by atoms with E-state index in [2.05, 4.69) is 19.1 Å². The van der Waals surface area contributed by atoms with Crippen molar-refractivity contribution in [2.45, 2.75) is 25.2 Å². The van der Waals surface area contributed by atoms with Gasteiger partial charge in [-0.1, -0.05) is 31.2 Å². The third kappa shape index (κ3) is 1.95. The fraction of sp³-hybridized carbons (Fsp3) is 0.462. The van der Waals surface area contributed by atoms with Crippen LogP contribution in [-0.2, 0) is 21.4 Å². The van der Waals surface area contributed by atoms with Gasteiger partial charge in [-0.3, -0.25) is 4.79 Å². The Morgan fingerprint density at radius 1 is 1.38 bits per heavy atom. The Kier molecular flexibility index (Phi) is 2.97. The molecule has 1 aliphatic rings. The van der Waals surface area contributed by atoms with E-state index in [0.29, 0.717) is 13.2 Å². The van der Waals surface area contributed by atoms with Crippen LogP contribution in [0.15, 0.2) is 24.3 Å². The summed E-state index contributed by atoms with van der Waals surface area (Å²) in [7, 11) is 0. The highest BCUT2D eigenvalue weighted by molar-refractivity contribution is 5.69. The largest absolute Gasteiger partial charge is 0.481 e. The number of aliphatic carboxylic acids is 1. The van der Waals surface area contributed by atoms with Crippen molar-refractivity contribution in [2.24, 2.45) is 0 Å². The summed E-state index contributed by atoms with van der Waals surface area (Å²) in [5.74, 6) is -0.761. The molecular weight excluding hydrogens is 204 g/mol. The molecule has 0 bridgehead atoms. The highest BCUT2D eigenvalue weighted by atomic mass is 16.5. The van der Waals surface area contributed by atoms with Gasteiger partial charge in [0.2, 0.25) is 0 Å². The van der Waals surface area contributed by atoms with Crippen LogP contribution in [0.4, 0.5) is 0 Å². The van der Waals surface area contributed by atoms with Crippen molar-refractivity contribution in [1.29, 1.82) is 0 Å². The van der Waals surface area contributed by atoms with Crippen LogP contribution in [0.3, 0.4) is 0 Å². The third-order valence-corrected chi connectivity index (χ3v) is 3.22. The molecule has 0 spiro atoms.